The maximum Gasteiger partial charge on any atom is 0.0946 e. The van der Waals surface area contributed by atoms with Gasteiger partial charge in [0.15, 0.2) is 0 Å². The fourth-order valence-electron chi connectivity index (χ4n) is 1.90. The standard InChI is InChI=1S/C14H26N2S/c1-6-8-15-13(10(3)7-2)9-14-16-11(4)12(5)17-14/h10,13,15H,6-9H2,1-5H3. The van der Waals surface area contributed by atoms with Gasteiger partial charge in [-0.25, -0.2) is 4.98 Å². The van der Waals surface area contributed by atoms with Crippen molar-refractivity contribution in [3.05, 3.63) is 15.6 Å². The van der Waals surface area contributed by atoms with E-state index in [1.807, 2.05) is 11.3 Å². The van der Waals surface area contributed by atoms with Crippen LogP contribution in [0.15, 0.2) is 0 Å². The van der Waals surface area contributed by atoms with Crippen molar-refractivity contribution >= 4 is 11.3 Å². The van der Waals surface area contributed by atoms with Gasteiger partial charge in [-0.1, -0.05) is 27.2 Å². The van der Waals surface area contributed by atoms with E-state index in [0.717, 1.165) is 13.0 Å². The summed E-state index contributed by atoms with van der Waals surface area (Å²) in [6.45, 7) is 12.2. The van der Waals surface area contributed by atoms with Crippen molar-refractivity contribution in [1.29, 1.82) is 0 Å². The SMILES string of the molecule is CCCNC(Cc1nc(C)c(C)s1)C(C)CC. The molecule has 0 saturated carbocycles. The van der Waals surface area contributed by atoms with Crippen LogP contribution in [-0.2, 0) is 6.42 Å². The molecule has 1 rings (SSSR count). The van der Waals surface area contributed by atoms with Crippen LogP contribution in [0.5, 0.6) is 0 Å². The minimum absolute atomic E-state index is 0.574. The molecule has 0 spiro atoms. The molecule has 0 fully saturated rings. The van der Waals surface area contributed by atoms with Crippen LogP contribution in [0.4, 0.5) is 0 Å². The first-order valence-corrected chi connectivity index (χ1v) is 7.56. The van der Waals surface area contributed by atoms with Crippen molar-refractivity contribution in [1.82, 2.24) is 10.3 Å². The summed E-state index contributed by atoms with van der Waals surface area (Å²) in [5.41, 5.74) is 1.20. The molecular weight excluding hydrogens is 228 g/mol. The fraction of sp³-hybridized carbons (Fsp3) is 0.786. The van der Waals surface area contributed by atoms with Crippen molar-refractivity contribution in [2.24, 2.45) is 5.92 Å². The van der Waals surface area contributed by atoms with Crippen LogP contribution < -0.4 is 5.32 Å². The molecule has 3 heteroatoms. The summed E-state index contributed by atoms with van der Waals surface area (Å²) in [6.07, 6.45) is 3.50. The van der Waals surface area contributed by atoms with E-state index >= 15 is 0 Å². The monoisotopic (exact) mass is 254 g/mol. The van der Waals surface area contributed by atoms with Crippen molar-refractivity contribution in [3.63, 3.8) is 0 Å². The first kappa shape index (κ1) is 14.7. The molecule has 0 aromatic carbocycles. The van der Waals surface area contributed by atoms with Gasteiger partial charge in [-0.05, 0) is 32.7 Å². The molecule has 2 nitrogen and oxygen atoms in total. The van der Waals surface area contributed by atoms with Crippen LogP contribution in [0.25, 0.3) is 0 Å². The first-order valence-electron chi connectivity index (χ1n) is 6.74. The van der Waals surface area contributed by atoms with Gasteiger partial charge in [-0.3, -0.25) is 0 Å². The van der Waals surface area contributed by atoms with E-state index in [1.165, 1.54) is 28.4 Å². The molecule has 1 aromatic rings. The number of thiazole rings is 1. The minimum Gasteiger partial charge on any atom is -0.313 e. The Kier molecular flexibility index (Phi) is 6.14. The lowest BCUT2D eigenvalue weighted by Gasteiger charge is -2.23. The second-order valence-corrected chi connectivity index (χ2v) is 6.19. The summed E-state index contributed by atoms with van der Waals surface area (Å²) >= 11 is 1.85. The normalized spacial score (nSPS) is 14.9. The highest BCUT2D eigenvalue weighted by Gasteiger charge is 2.17. The topological polar surface area (TPSA) is 24.9 Å². The summed E-state index contributed by atoms with van der Waals surface area (Å²) in [7, 11) is 0. The molecule has 2 unspecified atom stereocenters. The maximum atomic E-state index is 4.65. The third-order valence-electron chi connectivity index (χ3n) is 3.45. The number of nitrogens with one attached hydrogen (secondary N) is 1. The Hall–Kier alpha value is -0.410. The Morgan fingerprint density at radius 2 is 2.00 bits per heavy atom. The van der Waals surface area contributed by atoms with E-state index in [1.54, 1.807) is 0 Å². The van der Waals surface area contributed by atoms with Crippen LogP contribution in [0.1, 0.15) is 49.2 Å². The van der Waals surface area contributed by atoms with Crippen LogP contribution in [-0.4, -0.2) is 17.6 Å². The zero-order valence-electron chi connectivity index (χ0n) is 11.8. The molecule has 1 heterocycles. The highest BCUT2D eigenvalue weighted by molar-refractivity contribution is 7.11. The first-order chi connectivity index (χ1) is 8.08. The highest BCUT2D eigenvalue weighted by Crippen LogP contribution is 2.20. The molecule has 2 atom stereocenters. The van der Waals surface area contributed by atoms with E-state index < -0.39 is 0 Å². The molecular formula is C14H26N2S. The molecule has 0 aliphatic rings. The Morgan fingerprint density at radius 3 is 2.47 bits per heavy atom. The number of aromatic nitrogens is 1. The zero-order valence-corrected chi connectivity index (χ0v) is 12.7. The molecule has 0 radical (unpaired) electrons. The third kappa shape index (κ3) is 4.40. The average Bonchev–Trinajstić information content (AvgIpc) is 2.62. The number of nitrogens with zero attached hydrogens (tertiary/aromatic N) is 1. The Bertz CT molecular complexity index is 313. The molecule has 0 amide bonds. The van der Waals surface area contributed by atoms with Gasteiger partial charge in [0.2, 0.25) is 0 Å². The van der Waals surface area contributed by atoms with E-state index in [0.29, 0.717) is 12.0 Å². The summed E-state index contributed by atoms with van der Waals surface area (Å²) in [4.78, 5) is 6.01. The van der Waals surface area contributed by atoms with Crippen LogP contribution in [0, 0.1) is 19.8 Å². The second-order valence-electron chi connectivity index (χ2n) is 4.90. The van der Waals surface area contributed by atoms with Crippen LogP contribution in [0.2, 0.25) is 0 Å². The number of hydrogen-bond acceptors (Lipinski definition) is 3. The molecule has 0 aliphatic heterocycles. The Morgan fingerprint density at radius 1 is 1.29 bits per heavy atom. The number of rotatable bonds is 7. The van der Waals surface area contributed by atoms with Gasteiger partial charge in [0.05, 0.1) is 10.7 Å². The highest BCUT2D eigenvalue weighted by atomic mass is 32.1. The fourth-order valence-corrected chi connectivity index (χ4v) is 2.90. The summed E-state index contributed by atoms with van der Waals surface area (Å²) in [6, 6.07) is 0.574. The van der Waals surface area contributed by atoms with Gasteiger partial charge >= 0.3 is 0 Å². The number of aryl methyl sites for hydroxylation is 2. The molecule has 0 bridgehead atoms. The van der Waals surface area contributed by atoms with Gasteiger partial charge in [-0.2, -0.15) is 0 Å². The third-order valence-corrected chi connectivity index (χ3v) is 4.55. The minimum atomic E-state index is 0.574. The quantitative estimate of drug-likeness (QED) is 0.802. The predicted octanol–water partition coefficient (Wildman–Crippen LogP) is 3.72. The van der Waals surface area contributed by atoms with E-state index in [9.17, 15) is 0 Å². The van der Waals surface area contributed by atoms with Gasteiger partial charge in [-0.15, -0.1) is 11.3 Å². The van der Waals surface area contributed by atoms with Crippen molar-refractivity contribution in [2.75, 3.05) is 6.54 Å². The van der Waals surface area contributed by atoms with Crippen LogP contribution >= 0.6 is 11.3 Å². The maximum absolute atomic E-state index is 4.65. The van der Waals surface area contributed by atoms with Crippen molar-refractivity contribution in [2.45, 2.75) is 59.9 Å². The van der Waals surface area contributed by atoms with Crippen molar-refractivity contribution < 1.29 is 0 Å². The van der Waals surface area contributed by atoms with Gasteiger partial charge in [0.25, 0.3) is 0 Å². The van der Waals surface area contributed by atoms with Gasteiger partial charge in [0, 0.05) is 17.3 Å². The average molecular weight is 254 g/mol. The van der Waals surface area contributed by atoms with Gasteiger partial charge < -0.3 is 5.32 Å². The smallest absolute Gasteiger partial charge is 0.0946 e. The molecule has 1 aromatic heterocycles. The molecule has 0 saturated heterocycles. The summed E-state index contributed by atoms with van der Waals surface area (Å²) < 4.78 is 0. The lowest BCUT2D eigenvalue weighted by molar-refractivity contribution is 0.364. The molecule has 98 valence electrons. The summed E-state index contributed by atoms with van der Waals surface area (Å²) in [5.74, 6) is 0.714. The van der Waals surface area contributed by atoms with Crippen LogP contribution in [0.3, 0.4) is 0 Å². The second kappa shape index (κ2) is 7.12. The van der Waals surface area contributed by atoms with Gasteiger partial charge in [0.1, 0.15) is 0 Å². The Balaban J connectivity index is 2.64. The lowest BCUT2D eigenvalue weighted by atomic mass is 9.96. The summed E-state index contributed by atoms with van der Waals surface area (Å²) in [5, 5.41) is 4.95. The van der Waals surface area contributed by atoms with E-state index in [4.69, 9.17) is 0 Å². The predicted molar refractivity (Wildman–Crippen MR) is 76.8 cm³/mol. The molecule has 0 aliphatic carbocycles. The molecule has 1 N–H and O–H groups in total. The lowest BCUT2D eigenvalue weighted by Crippen LogP contribution is -2.37. The molecule has 17 heavy (non-hydrogen) atoms. The number of hydrogen-bond donors (Lipinski definition) is 1. The van der Waals surface area contributed by atoms with E-state index in [2.05, 4.69) is 44.9 Å². The van der Waals surface area contributed by atoms with Crippen molar-refractivity contribution in [3.8, 4) is 0 Å². The Labute approximate surface area is 110 Å². The largest absolute Gasteiger partial charge is 0.313 e. The van der Waals surface area contributed by atoms with E-state index in [-0.39, 0.29) is 0 Å². The zero-order chi connectivity index (χ0) is 12.8.